The standard InChI is InChI=1S/C21H23ClFNO3/c22-15-3-1-14(2-4-15)19(26)13-24-9-7-21(8-10-24)12-18(25)17-11-16(23)5-6-20(17)27-21/h1-6,11,18-19,25-26H,7-10,12-13H2/t18-,19-/m1/s1. The average molecular weight is 392 g/mol. The Hall–Kier alpha value is -1.66. The van der Waals surface area contributed by atoms with E-state index in [-0.39, 0.29) is 5.82 Å². The number of benzene rings is 2. The normalized spacial score (nSPS) is 22.9. The lowest BCUT2D eigenvalue weighted by molar-refractivity contribution is -0.0589. The second-order valence-corrected chi connectivity index (χ2v) is 7.99. The number of fused-ring (bicyclic) bond motifs is 1. The molecule has 2 N–H and O–H groups in total. The van der Waals surface area contributed by atoms with Crippen LogP contribution in [0.3, 0.4) is 0 Å². The number of β-amino-alcohol motifs (C(OH)–C–C–N with tert-alkyl or cyclic N) is 1. The van der Waals surface area contributed by atoms with Crippen LogP contribution < -0.4 is 4.74 Å². The summed E-state index contributed by atoms with van der Waals surface area (Å²) in [5.41, 5.74) is 0.951. The van der Waals surface area contributed by atoms with Crippen molar-refractivity contribution in [2.24, 2.45) is 0 Å². The van der Waals surface area contributed by atoms with E-state index in [2.05, 4.69) is 4.90 Å². The summed E-state index contributed by atoms with van der Waals surface area (Å²) in [6.07, 6.45) is 0.702. The molecule has 0 radical (unpaired) electrons. The number of likely N-dealkylation sites (tertiary alicyclic amines) is 1. The van der Waals surface area contributed by atoms with Crippen LogP contribution >= 0.6 is 11.6 Å². The third kappa shape index (κ3) is 3.97. The van der Waals surface area contributed by atoms with Gasteiger partial charge in [-0.25, -0.2) is 4.39 Å². The number of nitrogens with zero attached hydrogens (tertiary/aromatic N) is 1. The molecular weight excluding hydrogens is 369 g/mol. The maximum absolute atomic E-state index is 13.4. The van der Waals surface area contributed by atoms with Gasteiger partial charge in [0.15, 0.2) is 0 Å². The molecule has 4 rings (SSSR count). The molecule has 1 spiro atoms. The number of hydrogen-bond donors (Lipinski definition) is 2. The molecule has 1 saturated heterocycles. The monoisotopic (exact) mass is 391 g/mol. The summed E-state index contributed by atoms with van der Waals surface area (Å²) in [6.45, 7) is 2.09. The highest BCUT2D eigenvalue weighted by molar-refractivity contribution is 6.30. The van der Waals surface area contributed by atoms with Gasteiger partial charge in [-0.05, 0) is 48.7 Å². The van der Waals surface area contributed by atoms with Gasteiger partial charge in [-0.1, -0.05) is 23.7 Å². The molecule has 0 aliphatic carbocycles. The molecular formula is C21H23ClFNO3. The Bertz CT molecular complexity index is 806. The van der Waals surface area contributed by atoms with E-state index in [1.807, 2.05) is 12.1 Å². The minimum absolute atomic E-state index is 0.363. The van der Waals surface area contributed by atoms with Crippen molar-refractivity contribution in [2.75, 3.05) is 19.6 Å². The summed E-state index contributed by atoms with van der Waals surface area (Å²) in [5.74, 6) is 0.211. The Balaban J connectivity index is 1.39. The summed E-state index contributed by atoms with van der Waals surface area (Å²) >= 11 is 5.90. The van der Waals surface area contributed by atoms with E-state index in [9.17, 15) is 14.6 Å². The molecule has 4 nitrogen and oxygen atoms in total. The molecule has 0 bridgehead atoms. The molecule has 0 unspecified atom stereocenters. The van der Waals surface area contributed by atoms with E-state index in [1.165, 1.54) is 12.1 Å². The average Bonchev–Trinajstić information content (AvgIpc) is 2.65. The molecule has 0 amide bonds. The lowest BCUT2D eigenvalue weighted by Crippen LogP contribution is -2.51. The van der Waals surface area contributed by atoms with Gasteiger partial charge in [0.05, 0.1) is 12.2 Å². The third-order valence-electron chi connectivity index (χ3n) is 5.68. The first-order valence-corrected chi connectivity index (χ1v) is 9.64. The number of aliphatic hydroxyl groups excluding tert-OH is 2. The van der Waals surface area contributed by atoms with Gasteiger partial charge in [-0.2, -0.15) is 0 Å². The largest absolute Gasteiger partial charge is 0.487 e. The number of ether oxygens (including phenoxy) is 1. The Morgan fingerprint density at radius 2 is 1.89 bits per heavy atom. The Morgan fingerprint density at radius 1 is 1.19 bits per heavy atom. The van der Waals surface area contributed by atoms with Crippen LogP contribution in [0.2, 0.25) is 5.02 Å². The van der Waals surface area contributed by atoms with Gasteiger partial charge >= 0.3 is 0 Å². The van der Waals surface area contributed by atoms with Crippen LogP contribution in [0, 0.1) is 5.82 Å². The van der Waals surface area contributed by atoms with Gasteiger partial charge < -0.3 is 19.8 Å². The number of rotatable bonds is 3. The minimum atomic E-state index is -0.712. The summed E-state index contributed by atoms with van der Waals surface area (Å²) in [4.78, 5) is 2.21. The molecule has 27 heavy (non-hydrogen) atoms. The zero-order valence-corrected chi connectivity index (χ0v) is 15.7. The first-order chi connectivity index (χ1) is 12.9. The molecule has 2 aliphatic rings. The minimum Gasteiger partial charge on any atom is -0.487 e. The Kier molecular flexibility index (Phi) is 5.12. The molecule has 2 heterocycles. The predicted octanol–water partition coefficient (Wildman–Crippen LogP) is 3.86. The molecule has 6 heteroatoms. The van der Waals surface area contributed by atoms with Crippen LogP contribution in [-0.2, 0) is 0 Å². The van der Waals surface area contributed by atoms with Crippen LogP contribution in [0.1, 0.15) is 42.6 Å². The highest BCUT2D eigenvalue weighted by Crippen LogP contribution is 2.44. The first kappa shape index (κ1) is 18.7. The maximum atomic E-state index is 13.4. The van der Waals surface area contributed by atoms with Gasteiger partial charge in [-0.15, -0.1) is 0 Å². The van der Waals surface area contributed by atoms with Crippen molar-refractivity contribution in [3.8, 4) is 5.75 Å². The Morgan fingerprint density at radius 3 is 2.59 bits per heavy atom. The van der Waals surface area contributed by atoms with E-state index in [4.69, 9.17) is 16.3 Å². The molecule has 144 valence electrons. The fourth-order valence-electron chi connectivity index (χ4n) is 4.09. The van der Waals surface area contributed by atoms with Crippen molar-refractivity contribution in [1.29, 1.82) is 0 Å². The third-order valence-corrected chi connectivity index (χ3v) is 5.93. The summed E-state index contributed by atoms with van der Waals surface area (Å²) < 4.78 is 19.6. The molecule has 0 saturated carbocycles. The molecule has 2 aliphatic heterocycles. The predicted molar refractivity (Wildman–Crippen MR) is 101 cm³/mol. The van der Waals surface area contributed by atoms with E-state index in [0.29, 0.717) is 29.3 Å². The molecule has 1 fully saturated rings. The Labute approximate surface area is 163 Å². The zero-order chi connectivity index (χ0) is 19.0. The number of aliphatic hydroxyl groups is 2. The smallest absolute Gasteiger partial charge is 0.126 e. The number of hydrogen-bond acceptors (Lipinski definition) is 4. The second-order valence-electron chi connectivity index (χ2n) is 7.56. The lowest BCUT2D eigenvalue weighted by Gasteiger charge is -2.46. The summed E-state index contributed by atoms with van der Waals surface area (Å²) in [5, 5.41) is 21.6. The molecule has 2 aromatic rings. The van der Waals surface area contributed by atoms with Crippen LogP contribution in [0.15, 0.2) is 42.5 Å². The van der Waals surface area contributed by atoms with Crippen LogP contribution in [0.25, 0.3) is 0 Å². The maximum Gasteiger partial charge on any atom is 0.126 e. The van der Waals surface area contributed by atoms with Crippen molar-refractivity contribution in [2.45, 2.75) is 37.1 Å². The summed E-state index contributed by atoms with van der Waals surface area (Å²) in [6, 6.07) is 11.6. The topological polar surface area (TPSA) is 52.9 Å². The zero-order valence-electron chi connectivity index (χ0n) is 14.9. The van der Waals surface area contributed by atoms with Crippen LogP contribution in [0.5, 0.6) is 5.75 Å². The molecule has 2 aromatic carbocycles. The van der Waals surface area contributed by atoms with E-state index in [1.54, 1.807) is 18.2 Å². The number of halogens is 2. The van der Waals surface area contributed by atoms with Crippen LogP contribution in [0.4, 0.5) is 4.39 Å². The van der Waals surface area contributed by atoms with Gasteiger partial charge in [-0.3, -0.25) is 0 Å². The summed E-state index contributed by atoms with van der Waals surface area (Å²) in [7, 11) is 0. The highest BCUT2D eigenvalue weighted by atomic mass is 35.5. The second kappa shape index (κ2) is 7.40. The fraction of sp³-hybridized carbons (Fsp3) is 0.429. The van der Waals surface area contributed by atoms with Crippen LogP contribution in [-0.4, -0.2) is 40.3 Å². The fourth-order valence-corrected chi connectivity index (χ4v) is 4.22. The van der Waals surface area contributed by atoms with Gasteiger partial charge in [0, 0.05) is 36.6 Å². The van der Waals surface area contributed by atoms with Crippen molar-refractivity contribution >= 4 is 11.6 Å². The first-order valence-electron chi connectivity index (χ1n) is 9.27. The van der Waals surface area contributed by atoms with E-state index in [0.717, 1.165) is 31.5 Å². The van der Waals surface area contributed by atoms with Crippen molar-refractivity contribution < 1.29 is 19.3 Å². The van der Waals surface area contributed by atoms with Crippen molar-refractivity contribution in [1.82, 2.24) is 4.90 Å². The number of piperidine rings is 1. The quantitative estimate of drug-likeness (QED) is 0.834. The lowest BCUT2D eigenvalue weighted by atomic mass is 9.81. The van der Waals surface area contributed by atoms with E-state index < -0.39 is 17.8 Å². The van der Waals surface area contributed by atoms with E-state index >= 15 is 0 Å². The van der Waals surface area contributed by atoms with Crippen molar-refractivity contribution in [3.63, 3.8) is 0 Å². The molecule has 2 atom stereocenters. The van der Waals surface area contributed by atoms with Gasteiger partial charge in [0.1, 0.15) is 17.2 Å². The van der Waals surface area contributed by atoms with Gasteiger partial charge in [0.25, 0.3) is 0 Å². The highest BCUT2D eigenvalue weighted by Gasteiger charge is 2.43. The molecule has 0 aromatic heterocycles. The van der Waals surface area contributed by atoms with Crippen molar-refractivity contribution in [3.05, 3.63) is 64.4 Å². The SMILES string of the molecule is O[C@H](CN1CCC2(CC1)C[C@@H](O)c1cc(F)ccc1O2)c1ccc(Cl)cc1. The van der Waals surface area contributed by atoms with Gasteiger partial charge in [0.2, 0.25) is 0 Å².